The zero-order valence-electron chi connectivity index (χ0n) is 14.8. The second kappa shape index (κ2) is 8.23. The first-order chi connectivity index (χ1) is 12.1. The molecule has 2 amide bonds. The average molecular weight is 346 g/mol. The number of fused-ring (bicyclic) bond motifs is 1. The summed E-state index contributed by atoms with van der Waals surface area (Å²) in [7, 11) is 0. The van der Waals surface area contributed by atoms with Gasteiger partial charge in [0.1, 0.15) is 0 Å². The molecule has 3 rings (SSSR count). The first-order valence-electron chi connectivity index (χ1n) is 9.05. The van der Waals surface area contributed by atoms with Crippen molar-refractivity contribution in [1.29, 1.82) is 0 Å². The summed E-state index contributed by atoms with van der Waals surface area (Å²) in [6.45, 7) is 4.89. The van der Waals surface area contributed by atoms with Crippen LogP contribution in [-0.2, 0) is 16.0 Å². The van der Waals surface area contributed by atoms with Crippen molar-refractivity contribution < 1.29 is 19.1 Å². The number of carbonyl (C=O) groups excluding carboxylic acids is 2. The lowest BCUT2D eigenvalue weighted by Gasteiger charge is -2.30. The monoisotopic (exact) mass is 346 g/mol. The molecule has 0 unspecified atom stereocenters. The number of ether oxygens (including phenoxy) is 2. The maximum Gasteiger partial charge on any atom is 0.223 e. The molecule has 6 nitrogen and oxygen atoms in total. The first kappa shape index (κ1) is 17.6. The number of piperidine rings is 1. The van der Waals surface area contributed by atoms with Gasteiger partial charge in [0.15, 0.2) is 11.5 Å². The predicted octanol–water partition coefficient (Wildman–Crippen LogP) is 1.77. The van der Waals surface area contributed by atoms with Crippen LogP contribution < -0.4 is 14.8 Å². The molecule has 2 aliphatic rings. The lowest BCUT2D eigenvalue weighted by molar-refractivity contribution is -0.133. The molecule has 1 aromatic carbocycles. The number of rotatable bonds is 4. The van der Waals surface area contributed by atoms with Crippen LogP contribution in [0.1, 0.15) is 31.7 Å². The van der Waals surface area contributed by atoms with Crippen LogP contribution in [0.25, 0.3) is 0 Å². The number of nitrogens with one attached hydrogen (secondary N) is 1. The van der Waals surface area contributed by atoms with Crippen molar-refractivity contribution in [1.82, 2.24) is 10.2 Å². The molecule has 0 saturated carbocycles. The fourth-order valence-corrected chi connectivity index (χ4v) is 3.29. The standard InChI is InChI=1S/C19H26N2O4/c1-14(22)21-9-6-16(7-10-21)19(23)20-8-5-15-3-4-17-18(13-15)25-12-2-11-24-17/h3-4,13,16H,2,5-12H2,1H3,(H,20,23). The highest BCUT2D eigenvalue weighted by atomic mass is 16.5. The number of likely N-dealkylation sites (tertiary alicyclic amines) is 1. The van der Waals surface area contributed by atoms with Crippen molar-refractivity contribution >= 4 is 11.8 Å². The number of nitrogens with zero attached hydrogens (tertiary/aromatic N) is 1. The molecule has 0 aromatic heterocycles. The maximum atomic E-state index is 12.3. The van der Waals surface area contributed by atoms with Crippen LogP contribution in [0.2, 0.25) is 0 Å². The van der Waals surface area contributed by atoms with E-state index in [1.165, 1.54) is 0 Å². The lowest BCUT2D eigenvalue weighted by Crippen LogP contribution is -2.42. The molecule has 1 saturated heterocycles. The van der Waals surface area contributed by atoms with Crippen molar-refractivity contribution in [3.63, 3.8) is 0 Å². The number of hydrogen-bond donors (Lipinski definition) is 1. The molecule has 2 heterocycles. The van der Waals surface area contributed by atoms with E-state index < -0.39 is 0 Å². The Morgan fingerprint density at radius 2 is 1.88 bits per heavy atom. The van der Waals surface area contributed by atoms with Gasteiger partial charge in [-0.05, 0) is 37.0 Å². The van der Waals surface area contributed by atoms with Crippen LogP contribution in [0.5, 0.6) is 11.5 Å². The van der Waals surface area contributed by atoms with Crippen molar-refractivity contribution in [3.8, 4) is 11.5 Å². The van der Waals surface area contributed by atoms with Crippen LogP contribution in [-0.4, -0.2) is 49.6 Å². The number of hydrogen-bond acceptors (Lipinski definition) is 4. The Balaban J connectivity index is 1.44. The van der Waals surface area contributed by atoms with Gasteiger partial charge >= 0.3 is 0 Å². The Bertz CT molecular complexity index is 624. The van der Waals surface area contributed by atoms with Gasteiger partial charge in [0.05, 0.1) is 13.2 Å². The summed E-state index contributed by atoms with van der Waals surface area (Å²) in [6.07, 6.45) is 3.14. The second-order valence-corrected chi connectivity index (χ2v) is 6.65. The minimum absolute atomic E-state index is 0.0133. The van der Waals surface area contributed by atoms with Gasteiger partial charge in [-0.3, -0.25) is 9.59 Å². The van der Waals surface area contributed by atoms with E-state index in [2.05, 4.69) is 5.32 Å². The Morgan fingerprint density at radius 1 is 1.16 bits per heavy atom. The Labute approximate surface area is 148 Å². The molecule has 0 bridgehead atoms. The van der Waals surface area contributed by atoms with Gasteiger partial charge < -0.3 is 19.7 Å². The SMILES string of the molecule is CC(=O)N1CCC(C(=O)NCCc2ccc3c(c2)OCCCO3)CC1. The van der Waals surface area contributed by atoms with Gasteiger partial charge in [0.2, 0.25) is 11.8 Å². The third-order valence-corrected chi connectivity index (χ3v) is 4.84. The number of benzene rings is 1. The van der Waals surface area contributed by atoms with Crippen molar-refractivity contribution in [2.45, 2.75) is 32.6 Å². The minimum Gasteiger partial charge on any atom is -0.490 e. The van der Waals surface area contributed by atoms with Crippen LogP contribution >= 0.6 is 0 Å². The van der Waals surface area contributed by atoms with E-state index in [1.54, 1.807) is 6.92 Å². The maximum absolute atomic E-state index is 12.3. The third-order valence-electron chi connectivity index (χ3n) is 4.84. The zero-order valence-corrected chi connectivity index (χ0v) is 14.8. The highest BCUT2D eigenvalue weighted by Crippen LogP contribution is 2.30. The molecule has 136 valence electrons. The fourth-order valence-electron chi connectivity index (χ4n) is 3.29. The smallest absolute Gasteiger partial charge is 0.223 e. The average Bonchev–Trinajstić information content (AvgIpc) is 2.86. The van der Waals surface area contributed by atoms with Crippen LogP contribution in [0, 0.1) is 5.92 Å². The second-order valence-electron chi connectivity index (χ2n) is 6.65. The van der Waals surface area contributed by atoms with Gasteiger partial charge in [-0.1, -0.05) is 6.07 Å². The van der Waals surface area contributed by atoms with E-state index in [0.717, 1.165) is 42.7 Å². The molecule has 0 spiro atoms. The van der Waals surface area contributed by atoms with Crippen LogP contribution in [0.3, 0.4) is 0 Å². The molecule has 6 heteroatoms. The number of amides is 2. The molecule has 1 aromatic rings. The Kier molecular flexibility index (Phi) is 5.79. The molecule has 1 N–H and O–H groups in total. The van der Waals surface area contributed by atoms with E-state index in [9.17, 15) is 9.59 Å². The predicted molar refractivity (Wildman–Crippen MR) is 93.7 cm³/mol. The molecule has 0 radical (unpaired) electrons. The molecule has 0 atom stereocenters. The van der Waals surface area contributed by atoms with E-state index in [4.69, 9.17) is 9.47 Å². The van der Waals surface area contributed by atoms with Gasteiger partial charge in [-0.15, -0.1) is 0 Å². The van der Waals surface area contributed by atoms with Crippen molar-refractivity contribution in [2.24, 2.45) is 5.92 Å². The molecule has 1 fully saturated rings. The normalized spacial score (nSPS) is 17.7. The summed E-state index contributed by atoms with van der Waals surface area (Å²) in [6, 6.07) is 5.96. The highest BCUT2D eigenvalue weighted by Gasteiger charge is 2.25. The van der Waals surface area contributed by atoms with Crippen molar-refractivity contribution in [2.75, 3.05) is 32.8 Å². The highest BCUT2D eigenvalue weighted by molar-refractivity contribution is 5.79. The quantitative estimate of drug-likeness (QED) is 0.902. The summed E-state index contributed by atoms with van der Waals surface area (Å²) >= 11 is 0. The number of carbonyl (C=O) groups is 2. The molecular weight excluding hydrogens is 320 g/mol. The first-order valence-corrected chi connectivity index (χ1v) is 9.05. The van der Waals surface area contributed by atoms with Crippen molar-refractivity contribution in [3.05, 3.63) is 23.8 Å². The third kappa shape index (κ3) is 4.65. The topological polar surface area (TPSA) is 67.9 Å². The molecule has 2 aliphatic heterocycles. The van der Waals surface area contributed by atoms with Crippen LogP contribution in [0.15, 0.2) is 18.2 Å². The summed E-state index contributed by atoms with van der Waals surface area (Å²) in [5.41, 5.74) is 1.12. The summed E-state index contributed by atoms with van der Waals surface area (Å²) < 4.78 is 11.3. The van der Waals surface area contributed by atoms with Gasteiger partial charge in [-0.2, -0.15) is 0 Å². The molecule has 25 heavy (non-hydrogen) atoms. The van der Waals surface area contributed by atoms with Gasteiger partial charge in [0.25, 0.3) is 0 Å². The molecule has 0 aliphatic carbocycles. The molecular formula is C19H26N2O4. The summed E-state index contributed by atoms with van der Waals surface area (Å²) in [4.78, 5) is 25.4. The minimum atomic E-state index is 0.0133. The van der Waals surface area contributed by atoms with E-state index in [0.29, 0.717) is 32.8 Å². The largest absolute Gasteiger partial charge is 0.490 e. The van der Waals surface area contributed by atoms with Gasteiger partial charge in [-0.25, -0.2) is 0 Å². The van der Waals surface area contributed by atoms with Crippen LogP contribution in [0.4, 0.5) is 0 Å². The fraction of sp³-hybridized carbons (Fsp3) is 0.579. The van der Waals surface area contributed by atoms with E-state index in [-0.39, 0.29) is 17.7 Å². The van der Waals surface area contributed by atoms with Gasteiger partial charge in [0, 0.05) is 38.9 Å². The Morgan fingerprint density at radius 3 is 2.60 bits per heavy atom. The summed E-state index contributed by atoms with van der Waals surface area (Å²) in [5, 5.41) is 3.02. The van der Waals surface area contributed by atoms with E-state index in [1.807, 2.05) is 23.1 Å². The summed E-state index contributed by atoms with van der Waals surface area (Å²) in [5.74, 6) is 1.78. The zero-order chi connectivity index (χ0) is 17.6. The van der Waals surface area contributed by atoms with E-state index >= 15 is 0 Å². The lowest BCUT2D eigenvalue weighted by atomic mass is 9.96. The Hall–Kier alpha value is -2.24.